The zero-order valence-corrected chi connectivity index (χ0v) is 15.7. The molecular weight excluding hydrogens is 333 g/mol. The summed E-state index contributed by atoms with van der Waals surface area (Å²) in [6, 6.07) is 5.69. The highest BCUT2D eigenvalue weighted by Crippen LogP contribution is 2.26. The molecule has 2 heterocycles. The zero-order chi connectivity index (χ0) is 18.7. The Morgan fingerprint density at radius 1 is 1.00 bits per heavy atom. The van der Waals surface area contributed by atoms with Crippen LogP contribution in [-0.4, -0.2) is 66.8 Å². The number of carbonyl (C=O) groups is 2. The second-order valence-corrected chi connectivity index (χ2v) is 7.55. The zero-order valence-electron chi connectivity index (χ0n) is 15.7. The van der Waals surface area contributed by atoms with Crippen LogP contribution in [0.2, 0.25) is 0 Å². The van der Waals surface area contributed by atoms with Crippen LogP contribution in [-0.2, 0) is 9.59 Å². The fraction of sp³-hybridized carbons (Fsp3) is 0.600. The third-order valence-corrected chi connectivity index (χ3v) is 5.51. The highest BCUT2D eigenvalue weighted by molar-refractivity contribution is 5.84. The molecule has 0 radical (unpaired) electrons. The van der Waals surface area contributed by atoms with Crippen LogP contribution in [0.3, 0.4) is 0 Å². The number of amides is 2. The lowest BCUT2D eigenvalue weighted by Gasteiger charge is -2.36. The van der Waals surface area contributed by atoms with E-state index in [1.54, 1.807) is 12.1 Å². The van der Waals surface area contributed by atoms with Crippen molar-refractivity contribution in [3.63, 3.8) is 0 Å². The second kappa shape index (κ2) is 8.16. The molecule has 142 valence electrons. The van der Waals surface area contributed by atoms with Crippen molar-refractivity contribution >= 4 is 11.8 Å². The van der Waals surface area contributed by atoms with Gasteiger partial charge in [0, 0.05) is 32.1 Å². The summed E-state index contributed by atoms with van der Waals surface area (Å²) < 4.78 is 13.2. The quantitative estimate of drug-likeness (QED) is 0.827. The van der Waals surface area contributed by atoms with Crippen LogP contribution in [0.25, 0.3) is 0 Å². The van der Waals surface area contributed by atoms with Crippen LogP contribution in [0.4, 0.5) is 4.39 Å². The SMILES string of the molecule is CN(C)[C@H](C(=O)N1CCC(C(=O)N2CCCC2)CC1)c1ccc(F)cc1. The highest BCUT2D eigenvalue weighted by Gasteiger charge is 2.34. The largest absolute Gasteiger partial charge is 0.342 e. The van der Waals surface area contributed by atoms with E-state index in [-0.39, 0.29) is 23.5 Å². The van der Waals surface area contributed by atoms with Gasteiger partial charge >= 0.3 is 0 Å². The first kappa shape index (κ1) is 18.8. The molecule has 0 unspecified atom stereocenters. The minimum absolute atomic E-state index is 0.0219. The maximum absolute atomic E-state index is 13.2. The molecule has 2 fully saturated rings. The highest BCUT2D eigenvalue weighted by atomic mass is 19.1. The van der Waals surface area contributed by atoms with Crippen LogP contribution >= 0.6 is 0 Å². The molecule has 2 amide bonds. The van der Waals surface area contributed by atoms with E-state index < -0.39 is 6.04 Å². The first-order chi connectivity index (χ1) is 12.5. The van der Waals surface area contributed by atoms with Gasteiger partial charge in [0.1, 0.15) is 11.9 Å². The molecular formula is C20H28FN3O2. The molecule has 0 aromatic heterocycles. The summed E-state index contributed by atoms with van der Waals surface area (Å²) in [5, 5.41) is 0. The van der Waals surface area contributed by atoms with Crippen molar-refractivity contribution < 1.29 is 14.0 Å². The van der Waals surface area contributed by atoms with Crippen molar-refractivity contribution in [1.82, 2.24) is 14.7 Å². The van der Waals surface area contributed by atoms with E-state index in [0.29, 0.717) is 13.1 Å². The lowest BCUT2D eigenvalue weighted by Crippen LogP contribution is -2.47. The molecule has 2 aliphatic rings. The normalized spacial score (nSPS) is 19.8. The molecule has 0 spiro atoms. The van der Waals surface area contributed by atoms with Crippen molar-refractivity contribution in [2.75, 3.05) is 40.3 Å². The Labute approximate surface area is 154 Å². The second-order valence-electron chi connectivity index (χ2n) is 7.55. The fourth-order valence-electron chi connectivity index (χ4n) is 4.02. The molecule has 3 rings (SSSR count). The number of piperidine rings is 1. The summed E-state index contributed by atoms with van der Waals surface area (Å²) in [4.78, 5) is 31.3. The summed E-state index contributed by atoms with van der Waals surface area (Å²) in [7, 11) is 3.71. The number of likely N-dealkylation sites (N-methyl/N-ethyl adjacent to an activating group) is 1. The number of rotatable bonds is 4. The van der Waals surface area contributed by atoms with Gasteiger partial charge in [-0.15, -0.1) is 0 Å². The molecule has 0 N–H and O–H groups in total. The van der Waals surface area contributed by atoms with Gasteiger partial charge in [-0.2, -0.15) is 0 Å². The number of carbonyl (C=O) groups excluding carboxylic acids is 2. The number of likely N-dealkylation sites (tertiary alicyclic amines) is 2. The van der Waals surface area contributed by atoms with Crippen molar-refractivity contribution in [3.8, 4) is 0 Å². The summed E-state index contributed by atoms with van der Waals surface area (Å²) in [6.45, 7) is 2.97. The van der Waals surface area contributed by atoms with Gasteiger partial charge in [-0.05, 0) is 57.5 Å². The average Bonchev–Trinajstić information content (AvgIpc) is 3.17. The van der Waals surface area contributed by atoms with Crippen molar-refractivity contribution in [2.24, 2.45) is 5.92 Å². The maximum Gasteiger partial charge on any atom is 0.244 e. The Balaban J connectivity index is 1.62. The van der Waals surface area contributed by atoms with Crippen molar-refractivity contribution in [2.45, 2.75) is 31.7 Å². The van der Waals surface area contributed by atoms with E-state index in [1.807, 2.05) is 28.8 Å². The van der Waals surface area contributed by atoms with E-state index in [0.717, 1.165) is 44.3 Å². The monoisotopic (exact) mass is 361 g/mol. The predicted octanol–water partition coefficient (Wildman–Crippen LogP) is 2.29. The smallest absolute Gasteiger partial charge is 0.244 e. The van der Waals surface area contributed by atoms with Gasteiger partial charge in [-0.1, -0.05) is 12.1 Å². The van der Waals surface area contributed by atoms with Crippen LogP contribution in [0.1, 0.15) is 37.3 Å². The Hall–Kier alpha value is -1.95. The minimum atomic E-state index is -0.429. The molecule has 1 aromatic carbocycles. The molecule has 5 nitrogen and oxygen atoms in total. The molecule has 2 saturated heterocycles. The summed E-state index contributed by atoms with van der Waals surface area (Å²) in [6.07, 6.45) is 3.66. The van der Waals surface area contributed by atoms with Gasteiger partial charge < -0.3 is 9.80 Å². The van der Waals surface area contributed by atoms with Gasteiger partial charge in [0.25, 0.3) is 0 Å². The molecule has 1 aromatic rings. The first-order valence-electron chi connectivity index (χ1n) is 9.47. The average molecular weight is 361 g/mol. The van der Waals surface area contributed by atoms with Crippen LogP contribution < -0.4 is 0 Å². The lowest BCUT2D eigenvalue weighted by atomic mass is 9.94. The summed E-state index contributed by atoms with van der Waals surface area (Å²) in [5.41, 5.74) is 0.789. The Bertz CT molecular complexity index is 633. The number of nitrogens with zero attached hydrogens (tertiary/aromatic N) is 3. The van der Waals surface area contributed by atoms with Crippen molar-refractivity contribution in [3.05, 3.63) is 35.6 Å². The third-order valence-electron chi connectivity index (χ3n) is 5.51. The molecule has 26 heavy (non-hydrogen) atoms. The molecule has 2 aliphatic heterocycles. The lowest BCUT2D eigenvalue weighted by molar-refractivity contribution is -0.142. The predicted molar refractivity (Wildman–Crippen MR) is 97.9 cm³/mol. The molecule has 1 atom stereocenters. The Morgan fingerprint density at radius 3 is 2.12 bits per heavy atom. The number of halogens is 1. The summed E-state index contributed by atoms with van der Waals surface area (Å²) in [5.74, 6) is 0.0201. The van der Waals surface area contributed by atoms with E-state index >= 15 is 0 Å². The fourth-order valence-corrected chi connectivity index (χ4v) is 4.02. The van der Waals surface area contributed by atoms with E-state index in [1.165, 1.54) is 12.1 Å². The van der Waals surface area contributed by atoms with Crippen LogP contribution in [0, 0.1) is 11.7 Å². The van der Waals surface area contributed by atoms with Gasteiger partial charge in [0.2, 0.25) is 11.8 Å². The number of hydrogen-bond acceptors (Lipinski definition) is 3. The molecule has 0 bridgehead atoms. The third kappa shape index (κ3) is 4.06. The number of hydrogen-bond donors (Lipinski definition) is 0. The van der Waals surface area contributed by atoms with Gasteiger partial charge in [0.05, 0.1) is 0 Å². The van der Waals surface area contributed by atoms with Crippen LogP contribution in [0.5, 0.6) is 0 Å². The van der Waals surface area contributed by atoms with E-state index in [2.05, 4.69) is 0 Å². The minimum Gasteiger partial charge on any atom is -0.342 e. The molecule has 0 aliphatic carbocycles. The maximum atomic E-state index is 13.2. The number of benzene rings is 1. The van der Waals surface area contributed by atoms with Gasteiger partial charge in [-0.3, -0.25) is 14.5 Å². The van der Waals surface area contributed by atoms with Gasteiger partial charge in [0.15, 0.2) is 0 Å². The van der Waals surface area contributed by atoms with Gasteiger partial charge in [-0.25, -0.2) is 4.39 Å². The van der Waals surface area contributed by atoms with Crippen molar-refractivity contribution in [1.29, 1.82) is 0 Å². The standard InChI is InChI=1S/C20H28FN3O2/c1-22(2)18(15-5-7-17(21)8-6-15)20(26)24-13-9-16(10-14-24)19(25)23-11-3-4-12-23/h5-8,16,18H,3-4,9-14H2,1-2H3/t18-/m0/s1. The Kier molecular flexibility index (Phi) is 5.91. The van der Waals surface area contributed by atoms with Crippen LogP contribution in [0.15, 0.2) is 24.3 Å². The first-order valence-corrected chi connectivity index (χ1v) is 9.47. The van der Waals surface area contributed by atoms with E-state index in [9.17, 15) is 14.0 Å². The topological polar surface area (TPSA) is 43.9 Å². The van der Waals surface area contributed by atoms with E-state index in [4.69, 9.17) is 0 Å². The summed E-state index contributed by atoms with van der Waals surface area (Å²) >= 11 is 0. The molecule has 6 heteroatoms. The Morgan fingerprint density at radius 2 is 1.58 bits per heavy atom. The molecule has 0 saturated carbocycles.